The van der Waals surface area contributed by atoms with Crippen LogP contribution in [-0.4, -0.2) is 29.5 Å². The van der Waals surface area contributed by atoms with Crippen molar-refractivity contribution < 1.29 is 0 Å². The molecular weight excluding hydrogens is 198 g/mol. The largest absolute Gasteiger partial charge is 0.329 e. The van der Waals surface area contributed by atoms with Gasteiger partial charge in [0.15, 0.2) is 0 Å². The molecule has 0 aromatic carbocycles. The summed E-state index contributed by atoms with van der Waals surface area (Å²) < 4.78 is 0. The standard InChI is InChI=1S/C13H23N3/c1-3-8-16(9-4-2)13(10-14)12-6-5-7-15-11-12/h5-7,11,13H,3-4,8-10,14H2,1-2H3. The Morgan fingerprint density at radius 1 is 1.31 bits per heavy atom. The molecular formula is C13H23N3. The second-order valence-electron chi connectivity index (χ2n) is 4.07. The molecule has 1 heterocycles. The Hall–Kier alpha value is -0.930. The molecule has 1 aromatic rings. The van der Waals surface area contributed by atoms with E-state index in [-0.39, 0.29) is 0 Å². The molecule has 0 fully saturated rings. The first-order valence-corrected chi connectivity index (χ1v) is 6.17. The number of nitrogens with zero attached hydrogens (tertiary/aromatic N) is 2. The third kappa shape index (κ3) is 3.58. The van der Waals surface area contributed by atoms with Gasteiger partial charge in [-0.3, -0.25) is 9.88 Å². The van der Waals surface area contributed by atoms with E-state index >= 15 is 0 Å². The highest BCUT2D eigenvalue weighted by atomic mass is 15.2. The van der Waals surface area contributed by atoms with Gasteiger partial charge in [-0.25, -0.2) is 0 Å². The van der Waals surface area contributed by atoms with Gasteiger partial charge < -0.3 is 5.73 Å². The molecule has 1 unspecified atom stereocenters. The summed E-state index contributed by atoms with van der Waals surface area (Å²) in [7, 11) is 0. The molecule has 0 bridgehead atoms. The molecule has 90 valence electrons. The predicted molar refractivity (Wildman–Crippen MR) is 68.2 cm³/mol. The molecule has 0 saturated carbocycles. The predicted octanol–water partition coefficient (Wildman–Crippen LogP) is 2.20. The maximum absolute atomic E-state index is 5.90. The van der Waals surface area contributed by atoms with Gasteiger partial charge in [0.25, 0.3) is 0 Å². The van der Waals surface area contributed by atoms with E-state index in [1.165, 1.54) is 5.56 Å². The SMILES string of the molecule is CCCN(CCC)C(CN)c1cccnc1. The van der Waals surface area contributed by atoms with Gasteiger partial charge >= 0.3 is 0 Å². The topological polar surface area (TPSA) is 42.1 Å². The van der Waals surface area contributed by atoms with Gasteiger partial charge in [0.2, 0.25) is 0 Å². The van der Waals surface area contributed by atoms with Crippen molar-refractivity contribution in [2.75, 3.05) is 19.6 Å². The Kier molecular flexibility index (Phi) is 6.04. The monoisotopic (exact) mass is 221 g/mol. The van der Waals surface area contributed by atoms with Gasteiger partial charge in [-0.05, 0) is 37.6 Å². The van der Waals surface area contributed by atoms with Crippen molar-refractivity contribution in [3.8, 4) is 0 Å². The third-order valence-electron chi connectivity index (χ3n) is 2.75. The lowest BCUT2D eigenvalue weighted by Crippen LogP contribution is -2.35. The fourth-order valence-corrected chi connectivity index (χ4v) is 2.07. The molecule has 0 radical (unpaired) electrons. The van der Waals surface area contributed by atoms with Crippen LogP contribution in [0.15, 0.2) is 24.5 Å². The van der Waals surface area contributed by atoms with Gasteiger partial charge in [-0.15, -0.1) is 0 Å². The van der Waals surface area contributed by atoms with E-state index in [1.807, 2.05) is 12.3 Å². The van der Waals surface area contributed by atoms with Crippen molar-refractivity contribution in [1.29, 1.82) is 0 Å². The summed E-state index contributed by atoms with van der Waals surface area (Å²) in [4.78, 5) is 6.63. The van der Waals surface area contributed by atoms with Crippen LogP contribution in [0.3, 0.4) is 0 Å². The fourth-order valence-electron chi connectivity index (χ4n) is 2.07. The van der Waals surface area contributed by atoms with Crippen LogP contribution in [0.1, 0.15) is 38.3 Å². The number of nitrogens with two attached hydrogens (primary N) is 1. The first-order chi connectivity index (χ1) is 7.83. The number of hydrogen-bond donors (Lipinski definition) is 1. The lowest BCUT2D eigenvalue weighted by atomic mass is 10.1. The Morgan fingerprint density at radius 2 is 2.00 bits per heavy atom. The number of hydrogen-bond acceptors (Lipinski definition) is 3. The molecule has 1 aromatic heterocycles. The first kappa shape index (κ1) is 13.1. The van der Waals surface area contributed by atoms with Crippen LogP contribution in [-0.2, 0) is 0 Å². The minimum atomic E-state index is 0.314. The molecule has 2 N–H and O–H groups in total. The van der Waals surface area contributed by atoms with Crippen molar-refractivity contribution in [2.24, 2.45) is 5.73 Å². The third-order valence-corrected chi connectivity index (χ3v) is 2.75. The van der Waals surface area contributed by atoms with E-state index in [2.05, 4.69) is 29.8 Å². The van der Waals surface area contributed by atoms with Crippen molar-refractivity contribution >= 4 is 0 Å². The summed E-state index contributed by atoms with van der Waals surface area (Å²) in [6.45, 7) is 7.28. The lowest BCUT2D eigenvalue weighted by molar-refractivity contribution is 0.202. The van der Waals surface area contributed by atoms with Gasteiger partial charge in [0.05, 0.1) is 0 Å². The molecule has 0 aliphatic heterocycles. The highest BCUT2D eigenvalue weighted by molar-refractivity contribution is 5.14. The molecule has 0 saturated heterocycles. The number of rotatable bonds is 7. The van der Waals surface area contributed by atoms with E-state index < -0.39 is 0 Å². The Labute approximate surface area is 98.7 Å². The fraction of sp³-hybridized carbons (Fsp3) is 0.615. The molecule has 0 amide bonds. The van der Waals surface area contributed by atoms with Crippen molar-refractivity contribution in [1.82, 2.24) is 9.88 Å². The Bertz CT molecular complexity index is 268. The molecule has 3 nitrogen and oxygen atoms in total. The van der Waals surface area contributed by atoms with E-state index in [0.29, 0.717) is 12.6 Å². The van der Waals surface area contributed by atoms with Gasteiger partial charge in [-0.1, -0.05) is 19.9 Å². The summed E-state index contributed by atoms with van der Waals surface area (Å²) in [5.41, 5.74) is 7.13. The van der Waals surface area contributed by atoms with Crippen molar-refractivity contribution in [3.63, 3.8) is 0 Å². The normalized spacial score (nSPS) is 13.0. The molecule has 0 aliphatic rings. The summed E-state index contributed by atoms with van der Waals surface area (Å²) in [5.74, 6) is 0. The smallest absolute Gasteiger partial charge is 0.0485 e. The average Bonchev–Trinajstić information content (AvgIpc) is 2.32. The number of pyridine rings is 1. The second kappa shape index (κ2) is 7.36. The lowest BCUT2D eigenvalue weighted by Gasteiger charge is -2.30. The molecule has 0 aliphatic carbocycles. The van der Waals surface area contributed by atoms with Crippen LogP contribution in [0.5, 0.6) is 0 Å². The van der Waals surface area contributed by atoms with Crippen LogP contribution in [0, 0.1) is 0 Å². The van der Waals surface area contributed by atoms with E-state index in [9.17, 15) is 0 Å². The zero-order chi connectivity index (χ0) is 11.8. The first-order valence-electron chi connectivity index (χ1n) is 6.17. The van der Waals surface area contributed by atoms with E-state index in [4.69, 9.17) is 5.73 Å². The minimum Gasteiger partial charge on any atom is -0.329 e. The highest BCUT2D eigenvalue weighted by Gasteiger charge is 2.17. The molecule has 1 rings (SSSR count). The maximum atomic E-state index is 5.90. The molecule has 16 heavy (non-hydrogen) atoms. The Balaban J connectivity index is 2.77. The van der Waals surface area contributed by atoms with Gasteiger partial charge in [0.1, 0.15) is 0 Å². The van der Waals surface area contributed by atoms with Gasteiger partial charge in [0, 0.05) is 25.0 Å². The van der Waals surface area contributed by atoms with E-state index in [1.54, 1.807) is 6.20 Å². The van der Waals surface area contributed by atoms with Gasteiger partial charge in [-0.2, -0.15) is 0 Å². The number of aromatic nitrogens is 1. The zero-order valence-electron chi connectivity index (χ0n) is 10.4. The maximum Gasteiger partial charge on any atom is 0.0485 e. The van der Waals surface area contributed by atoms with Crippen molar-refractivity contribution in [3.05, 3.63) is 30.1 Å². The van der Waals surface area contributed by atoms with Crippen LogP contribution in [0.4, 0.5) is 0 Å². The van der Waals surface area contributed by atoms with Crippen molar-refractivity contribution in [2.45, 2.75) is 32.7 Å². The minimum absolute atomic E-state index is 0.314. The summed E-state index contributed by atoms with van der Waals surface area (Å²) in [6.07, 6.45) is 6.06. The highest BCUT2D eigenvalue weighted by Crippen LogP contribution is 2.19. The molecule has 0 spiro atoms. The Morgan fingerprint density at radius 3 is 2.44 bits per heavy atom. The van der Waals surface area contributed by atoms with Crippen LogP contribution < -0.4 is 5.73 Å². The van der Waals surface area contributed by atoms with Crippen LogP contribution in [0.25, 0.3) is 0 Å². The van der Waals surface area contributed by atoms with E-state index in [0.717, 1.165) is 25.9 Å². The van der Waals surface area contributed by atoms with Crippen LogP contribution >= 0.6 is 0 Å². The summed E-state index contributed by atoms with van der Waals surface area (Å²) in [6, 6.07) is 4.41. The van der Waals surface area contributed by atoms with Crippen LogP contribution in [0.2, 0.25) is 0 Å². The molecule has 1 atom stereocenters. The quantitative estimate of drug-likeness (QED) is 0.767. The summed E-state index contributed by atoms with van der Waals surface area (Å²) >= 11 is 0. The summed E-state index contributed by atoms with van der Waals surface area (Å²) in [5, 5.41) is 0. The average molecular weight is 221 g/mol. The zero-order valence-corrected chi connectivity index (χ0v) is 10.4. The molecule has 3 heteroatoms. The second-order valence-corrected chi connectivity index (χ2v) is 4.07.